The fraction of sp³-hybridized carbons (Fsp3) is 0.133. The molecule has 0 aliphatic heterocycles. The number of carbonyl (C=O) groups is 1. The van der Waals surface area contributed by atoms with E-state index >= 15 is 0 Å². The van der Waals surface area contributed by atoms with E-state index in [0.717, 1.165) is 6.26 Å². The summed E-state index contributed by atoms with van der Waals surface area (Å²) < 4.78 is 24.6. The van der Waals surface area contributed by atoms with Gasteiger partial charge in [0.15, 0.2) is 21.3 Å². The Kier molecular flexibility index (Phi) is 3.83. The molecule has 0 bridgehead atoms. The molecule has 1 N–H and O–H groups in total. The van der Waals surface area contributed by atoms with Gasteiger partial charge in [0.05, 0.1) is 11.4 Å². The zero-order valence-electron chi connectivity index (χ0n) is 12.3. The van der Waals surface area contributed by atoms with Gasteiger partial charge in [0.2, 0.25) is 0 Å². The number of fused-ring (bicyclic) bond motifs is 1. The lowest BCUT2D eigenvalue weighted by atomic mass is 10.2. The monoisotopic (exact) mass is 330 g/mol. The first-order valence-corrected chi connectivity index (χ1v) is 8.71. The van der Waals surface area contributed by atoms with Crippen LogP contribution in [-0.2, 0) is 16.4 Å². The number of hydrogen-bond acceptors (Lipinski definition) is 5. The predicted molar refractivity (Wildman–Crippen MR) is 83.7 cm³/mol. The number of benzene rings is 1. The molecular weight excluding hydrogens is 316 g/mol. The molecule has 2 aromatic heterocycles. The Morgan fingerprint density at radius 1 is 1.13 bits per heavy atom. The summed E-state index contributed by atoms with van der Waals surface area (Å²) >= 11 is 0. The second-order valence-corrected chi connectivity index (χ2v) is 7.04. The quantitative estimate of drug-likeness (QED) is 0.772. The Hall–Kier alpha value is -2.74. The third kappa shape index (κ3) is 3.21. The van der Waals surface area contributed by atoms with Crippen LogP contribution in [0.4, 0.5) is 0 Å². The Bertz CT molecular complexity index is 962. The van der Waals surface area contributed by atoms with Crippen LogP contribution < -0.4 is 5.32 Å². The van der Waals surface area contributed by atoms with E-state index < -0.39 is 9.84 Å². The molecule has 0 unspecified atom stereocenters. The van der Waals surface area contributed by atoms with Crippen LogP contribution in [0.15, 0.2) is 53.6 Å². The van der Waals surface area contributed by atoms with Gasteiger partial charge in [-0.1, -0.05) is 6.07 Å². The normalized spacial score (nSPS) is 11.5. The molecule has 0 atom stereocenters. The fourth-order valence-electron chi connectivity index (χ4n) is 2.13. The van der Waals surface area contributed by atoms with Crippen molar-refractivity contribution in [2.24, 2.45) is 0 Å². The zero-order valence-corrected chi connectivity index (χ0v) is 13.1. The molecule has 0 radical (unpaired) electrons. The lowest BCUT2D eigenvalue weighted by molar-refractivity contribution is 0.0949. The number of amides is 1. The van der Waals surface area contributed by atoms with Crippen molar-refractivity contribution in [3.05, 3.63) is 60.0 Å². The van der Waals surface area contributed by atoms with Crippen molar-refractivity contribution in [3.8, 4) is 0 Å². The zero-order chi connectivity index (χ0) is 16.4. The molecule has 0 saturated carbocycles. The van der Waals surface area contributed by atoms with Crippen LogP contribution in [-0.4, -0.2) is 35.2 Å². The van der Waals surface area contributed by atoms with E-state index in [0.29, 0.717) is 17.0 Å². The summed E-state index contributed by atoms with van der Waals surface area (Å²) in [6.07, 6.45) is 2.94. The lowest BCUT2D eigenvalue weighted by Gasteiger charge is -2.05. The standard InChI is InChI=1S/C15H14N4O3S/c1-23(21,22)12-7-5-11(6-8-12)15(20)16-10-14-18-17-13-4-2-3-9-19(13)14/h2-9H,10H2,1H3,(H,16,20). The third-order valence-electron chi connectivity index (χ3n) is 3.34. The Morgan fingerprint density at radius 2 is 1.87 bits per heavy atom. The first kappa shape index (κ1) is 15.2. The van der Waals surface area contributed by atoms with Crippen LogP contribution in [0.25, 0.3) is 5.65 Å². The lowest BCUT2D eigenvalue weighted by Crippen LogP contribution is -2.24. The Balaban J connectivity index is 1.72. The van der Waals surface area contributed by atoms with Crippen LogP contribution in [0.2, 0.25) is 0 Å². The van der Waals surface area contributed by atoms with Gasteiger partial charge in [0.25, 0.3) is 5.91 Å². The minimum Gasteiger partial charge on any atom is -0.345 e. The van der Waals surface area contributed by atoms with Crippen molar-refractivity contribution >= 4 is 21.4 Å². The molecule has 8 heteroatoms. The van der Waals surface area contributed by atoms with E-state index in [9.17, 15) is 13.2 Å². The van der Waals surface area contributed by atoms with E-state index in [1.54, 1.807) is 4.40 Å². The molecule has 2 heterocycles. The van der Waals surface area contributed by atoms with Gasteiger partial charge in [-0.3, -0.25) is 9.20 Å². The summed E-state index contributed by atoms with van der Waals surface area (Å²) in [4.78, 5) is 12.3. The van der Waals surface area contributed by atoms with E-state index in [2.05, 4.69) is 15.5 Å². The molecule has 0 aliphatic carbocycles. The van der Waals surface area contributed by atoms with Gasteiger partial charge in [-0.15, -0.1) is 10.2 Å². The van der Waals surface area contributed by atoms with Gasteiger partial charge >= 0.3 is 0 Å². The molecule has 3 aromatic rings. The molecule has 0 fully saturated rings. The number of nitrogens with zero attached hydrogens (tertiary/aromatic N) is 3. The van der Waals surface area contributed by atoms with Gasteiger partial charge in [-0.05, 0) is 36.4 Å². The highest BCUT2D eigenvalue weighted by atomic mass is 32.2. The second-order valence-electron chi connectivity index (χ2n) is 5.02. The van der Waals surface area contributed by atoms with Crippen molar-refractivity contribution in [2.75, 3.05) is 6.26 Å². The number of nitrogens with one attached hydrogen (secondary N) is 1. The highest BCUT2D eigenvalue weighted by Gasteiger charge is 2.11. The number of carbonyl (C=O) groups excluding carboxylic acids is 1. The predicted octanol–water partition coefficient (Wildman–Crippen LogP) is 1.06. The van der Waals surface area contributed by atoms with Crippen LogP contribution in [0.1, 0.15) is 16.2 Å². The number of rotatable bonds is 4. The molecular formula is C15H14N4O3S. The van der Waals surface area contributed by atoms with Crippen LogP contribution >= 0.6 is 0 Å². The SMILES string of the molecule is CS(=O)(=O)c1ccc(C(=O)NCc2nnc3ccccn23)cc1. The van der Waals surface area contributed by atoms with Crippen LogP contribution in [0.5, 0.6) is 0 Å². The van der Waals surface area contributed by atoms with E-state index in [1.807, 2.05) is 24.4 Å². The summed E-state index contributed by atoms with van der Waals surface area (Å²) in [5.74, 6) is 0.305. The summed E-state index contributed by atoms with van der Waals surface area (Å²) in [6, 6.07) is 11.3. The minimum atomic E-state index is -3.27. The average Bonchev–Trinajstić information content (AvgIpc) is 2.95. The highest BCUT2D eigenvalue weighted by Crippen LogP contribution is 2.10. The van der Waals surface area contributed by atoms with Gasteiger partial charge in [0, 0.05) is 18.0 Å². The van der Waals surface area contributed by atoms with Crippen molar-refractivity contribution in [1.29, 1.82) is 0 Å². The topological polar surface area (TPSA) is 93.4 Å². The van der Waals surface area contributed by atoms with E-state index in [-0.39, 0.29) is 17.3 Å². The van der Waals surface area contributed by atoms with Crippen molar-refractivity contribution in [2.45, 2.75) is 11.4 Å². The van der Waals surface area contributed by atoms with E-state index in [1.165, 1.54) is 24.3 Å². The molecule has 1 amide bonds. The van der Waals surface area contributed by atoms with Gasteiger partial charge in [-0.2, -0.15) is 0 Å². The number of pyridine rings is 1. The van der Waals surface area contributed by atoms with Crippen molar-refractivity contribution in [1.82, 2.24) is 19.9 Å². The Labute approximate surface area is 132 Å². The smallest absolute Gasteiger partial charge is 0.251 e. The third-order valence-corrected chi connectivity index (χ3v) is 4.46. The van der Waals surface area contributed by atoms with Gasteiger partial charge < -0.3 is 5.32 Å². The second kappa shape index (κ2) is 5.81. The summed E-state index contributed by atoms with van der Waals surface area (Å²) in [6.45, 7) is 0.220. The molecule has 3 rings (SSSR count). The van der Waals surface area contributed by atoms with Crippen molar-refractivity contribution < 1.29 is 13.2 Å². The first-order chi connectivity index (χ1) is 10.9. The van der Waals surface area contributed by atoms with Crippen LogP contribution in [0.3, 0.4) is 0 Å². The molecule has 0 saturated heterocycles. The van der Waals surface area contributed by atoms with Gasteiger partial charge in [-0.25, -0.2) is 8.42 Å². The van der Waals surface area contributed by atoms with Crippen molar-refractivity contribution in [3.63, 3.8) is 0 Å². The molecule has 118 valence electrons. The molecule has 23 heavy (non-hydrogen) atoms. The Morgan fingerprint density at radius 3 is 2.57 bits per heavy atom. The molecule has 7 nitrogen and oxygen atoms in total. The summed E-state index contributed by atoms with van der Waals surface area (Å²) in [5, 5.41) is 10.8. The van der Waals surface area contributed by atoms with Crippen LogP contribution in [0, 0.1) is 0 Å². The first-order valence-electron chi connectivity index (χ1n) is 6.82. The minimum absolute atomic E-state index is 0.178. The summed E-state index contributed by atoms with van der Waals surface area (Å²) in [7, 11) is -3.27. The molecule has 0 spiro atoms. The maximum Gasteiger partial charge on any atom is 0.251 e. The summed E-state index contributed by atoms with van der Waals surface area (Å²) in [5.41, 5.74) is 1.08. The largest absolute Gasteiger partial charge is 0.345 e. The van der Waals surface area contributed by atoms with Gasteiger partial charge in [0.1, 0.15) is 0 Å². The fourth-order valence-corrected chi connectivity index (χ4v) is 2.76. The van der Waals surface area contributed by atoms with E-state index in [4.69, 9.17) is 0 Å². The molecule has 0 aliphatic rings. The number of sulfone groups is 1. The average molecular weight is 330 g/mol. The maximum absolute atomic E-state index is 12.1. The number of hydrogen-bond donors (Lipinski definition) is 1. The highest BCUT2D eigenvalue weighted by molar-refractivity contribution is 7.90. The molecule has 1 aromatic carbocycles. The maximum atomic E-state index is 12.1. The number of aromatic nitrogens is 3.